The molecule has 0 unspecified atom stereocenters. The van der Waals surface area contributed by atoms with Gasteiger partial charge in [-0.3, -0.25) is 0 Å². The third-order valence-electron chi connectivity index (χ3n) is 4.63. The summed E-state index contributed by atoms with van der Waals surface area (Å²) in [7, 11) is -8.09. The number of nitrogens with zero attached hydrogens (tertiary/aromatic N) is 3. The minimum Gasteiger partial charge on any atom is -0.447 e. The summed E-state index contributed by atoms with van der Waals surface area (Å²) in [4.78, 5) is 42.8. The van der Waals surface area contributed by atoms with Crippen LogP contribution in [0.5, 0.6) is 0 Å². The maximum atomic E-state index is 12.7. The van der Waals surface area contributed by atoms with Gasteiger partial charge < -0.3 is 19.3 Å². The molecular weight excluding hydrogens is 512 g/mol. The number of rotatable bonds is 10. The summed E-state index contributed by atoms with van der Waals surface area (Å²) in [6.45, 7) is 1.25. The van der Waals surface area contributed by atoms with Crippen LogP contribution < -0.4 is 5.14 Å². The number of amides is 1. The topological polar surface area (TPSA) is 229 Å². The molecule has 0 radical (unpaired) electrons. The first-order valence-corrected chi connectivity index (χ1v) is 13.0. The molecule has 16 nitrogen and oxygen atoms in total. The number of carbonyl (C=O) groups is 1. The van der Waals surface area contributed by atoms with Crippen LogP contribution in [-0.2, 0) is 34.3 Å². The van der Waals surface area contributed by atoms with Gasteiger partial charge in [0.25, 0.3) is 10.2 Å². The summed E-state index contributed by atoms with van der Waals surface area (Å²) in [5.41, 5.74) is 0.0516. The van der Waals surface area contributed by atoms with Crippen LogP contribution in [0.15, 0.2) is 14.5 Å². The van der Waals surface area contributed by atoms with Crippen molar-refractivity contribution in [3.05, 3.63) is 31.9 Å². The zero-order valence-electron chi connectivity index (χ0n) is 17.2. The van der Waals surface area contributed by atoms with Gasteiger partial charge in [-0.25, -0.2) is 26.8 Å². The Bertz CT molecular complexity index is 1130. The number of ether oxygens (including phenoxy) is 1. The van der Waals surface area contributed by atoms with Gasteiger partial charge in [-0.15, -0.1) is 31.6 Å². The molecule has 19 heteroatoms. The van der Waals surface area contributed by atoms with Crippen molar-refractivity contribution in [3.63, 3.8) is 0 Å². The zero-order chi connectivity index (χ0) is 25.1. The zero-order valence-corrected chi connectivity index (χ0v) is 19.6. The van der Waals surface area contributed by atoms with E-state index in [9.17, 15) is 41.9 Å². The van der Waals surface area contributed by atoms with E-state index in [1.807, 2.05) is 0 Å². The Morgan fingerprint density at radius 1 is 1.33 bits per heavy atom. The highest BCUT2D eigenvalue weighted by Gasteiger charge is 2.43. The largest absolute Gasteiger partial charge is 0.447 e. The van der Waals surface area contributed by atoms with E-state index in [4.69, 9.17) is 9.88 Å². The minimum absolute atomic E-state index is 0.0115. The van der Waals surface area contributed by atoms with Crippen molar-refractivity contribution >= 4 is 37.3 Å². The fraction of sp³-hybridized carbons (Fsp3) is 0.643. The summed E-state index contributed by atoms with van der Waals surface area (Å²) in [5, 5.41) is 22.6. The standard InChI is InChI=1S/C14H20N4O12S3/c1-3-16(14(19)28-6-9(30-18(22)23)7-29-17(20)21)11-4-8(2)32(24,25)13-10(11)5-12(31-13)33(15,26)27/h5,8-9,11H,3-4,6-7H2,1-2H3,(H2,15,26,27)/t8-,9-,11-/m0/s1. The second-order valence-corrected chi connectivity index (χ2v) is 12.2. The Hall–Kier alpha value is -2.77. The van der Waals surface area contributed by atoms with Crippen molar-refractivity contribution < 1.29 is 46.2 Å². The Balaban J connectivity index is 2.30. The van der Waals surface area contributed by atoms with E-state index in [1.54, 1.807) is 6.92 Å². The number of nitrogens with two attached hydrogens (primary N) is 1. The first-order chi connectivity index (χ1) is 15.2. The van der Waals surface area contributed by atoms with Crippen LogP contribution in [0.3, 0.4) is 0 Å². The molecule has 2 heterocycles. The van der Waals surface area contributed by atoms with Gasteiger partial charge in [0.1, 0.15) is 21.6 Å². The van der Waals surface area contributed by atoms with Gasteiger partial charge in [0.2, 0.25) is 10.0 Å². The fourth-order valence-electron chi connectivity index (χ4n) is 3.10. The van der Waals surface area contributed by atoms with Gasteiger partial charge >= 0.3 is 6.09 Å². The average Bonchev–Trinajstić information content (AvgIpc) is 3.15. The van der Waals surface area contributed by atoms with Gasteiger partial charge in [0, 0.05) is 12.1 Å². The first-order valence-electron chi connectivity index (χ1n) is 9.10. The monoisotopic (exact) mass is 532 g/mol. The molecule has 2 N–H and O–H groups in total. The number of primary sulfonamides is 1. The quantitative estimate of drug-likeness (QED) is 0.316. The summed E-state index contributed by atoms with van der Waals surface area (Å²) in [6.07, 6.45) is -2.73. The molecule has 1 aromatic rings. The molecule has 186 valence electrons. The molecule has 0 bridgehead atoms. The normalized spacial score (nSPS) is 20.2. The van der Waals surface area contributed by atoms with Crippen LogP contribution in [0.4, 0.5) is 4.79 Å². The Kier molecular flexibility index (Phi) is 8.04. The molecule has 0 aliphatic carbocycles. The minimum atomic E-state index is -4.22. The Morgan fingerprint density at radius 2 is 1.97 bits per heavy atom. The summed E-state index contributed by atoms with van der Waals surface area (Å²) < 4.78 is 53.3. The molecule has 3 atom stereocenters. The predicted molar refractivity (Wildman–Crippen MR) is 108 cm³/mol. The van der Waals surface area contributed by atoms with Gasteiger partial charge in [-0.1, -0.05) is 0 Å². The van der Waals surface area contributed by atoms with Crippen molar-refractivity contribution in [2.24, 2.45) is 5.14 Å². The Labute approximate surface area is 191 Å². The van der Waals surface area contributed by atoms with Crippen LogP contribution in [0.25, 0.3) is 0 Å². The number of thiophene rings is 1. The van der Waals surface area contributed by atoms with E-state index in [2.05, 4.69) is 9.68 Å². The van der Waals surface area contributed by atoms with Crippen LogP contribution in [-0.4, -0.2) is 69.1 Å². The van der Waals surface area contributed by atoms with Crippen molar-refractivity contribution in [1.82, 2.24) is 4.90 Å². The van der Waals surface area contributed by atoms with E-state index in [0.717, 1.165) is 11.0 Å². The molecule has 0 saturated carbocycles. The second-order valence-electron chi connectivity index (χ2n) is 6.79. The van der Waals surface area contributed by atoms with Gasteiger partial charge in [-0.2, -0.15) is 0 Å². The Morgan fingerprint density at radius 3 is 2.48 bits per heavy atom. The van der Waals surface area contributed by atoms with Gasteiger partial charge in [0.05, 0.1) is 11.3 Å². The number of fused-ring (bicyclic) bond motifs is 1. The lowest BCUT2D eigenvalue weighted by Crippen LogP contribution is -2.41. The van der Waals surface area contributed by atoms with Crippen LogP contribution >= 0.6 is 11.3 Å². The molecule has 1 aliphatic heterocycles. The van der Waals surface area contributed by atoms with Gasteiger partial charge in [0.15, 0.2) is 15.9 Å². The number of hydrogen-bond acceptors (Lipinski definition) is 13. The van der Waals surface area contributed by atoms with Crippen LogP contribution in [0.2, 0.25) is 0 Å². The van der Waals surface area contributed by atoms with Crippen LogP contribution in [0, 0.1) is 20.2 Å². The average molecular weight is 533 g/mol. The number of carbonyl (C=O) groups excluding carboxylic acids is 1. The van der Waals surface area contributed by atoms with E-state index in [0.29, 0.717) is 11.3 Å². The highest BCUT2D eigenvalue weighted by molar-refractivity contribution is 7.95. The molecule has 1 aliphatic rings. The maximum Gasteiger partial charge on any atom is 0.410 e. The highest BCUT2D eigenvalue weighted by atomic mass is 32.3. The van der Waals surface area contributed by atoms with Crippen molar-refractivity contribution in [2.75, 3.05) is 19.8 Å². The van der Waals surface area contributed by atoms with Gasteiger partial charge in [-0.05, 0) is 26.3 Å². The SMILES string of the molecule is CCN(C(=O)OC[C@@H](CO[N+](=O)[O-])O[N+](=O)[O-])[C@H]1C[C@H](C)S(=O)(=O)c2sc(S(N)(=O)=O)cc21. The molecule has 33 heavy (non-hydrogen) atoms. The summed E-state index contributed by atoms with van der Waals surface area (Å²) in [5.74, 6) is 0. The van der Waals surface area contributed by atoms with E-state index < -0.39 is 70.9 Å². The summed E-state index contributed by atoms with van der Waals surface area (Å²) in [6, 6.07) is 0.177. The molecule has 2 rings (SSSR count). The van der Waals surface area contributed by atoms with Crippen molar-refractivity contribution in [2.45, 2.75) is 46.1 Å². The maximum absolute atomic E-state index is 12.7. The molecule has 1 amide bonds. The lowest BCUT2D eigenvalue weighted by atomic mass is 10.0. The third-order valence-corrected chi connectivity index (χ3v) is 9.95. The van der Waals surface area contributed by atoms with Crippen LogP contribution in [0.1, 0.15) is 31.9 Å². The number of hydrogen-bond donors (Lipinski definition) is 1. The molecule has 0 aromatic carbocycles. The third kappa shape index (κ3) is 6.18. The van der Waals surface area contributed by atoms with E-state index >= 15 is 0 Å². The van der Waals surface area contributed by atoms with E-state index in [1.165, 1.54) is 6.92 Å². The molecule has 0 spiro atoms. The van der Waals surface area contributed by atoms with Crippen molar-refractivity contribution in [3.8, 4) is 0 Å². The second kappa shape index (κ2) is 10.0. The fourth-order valence-corrected chi connectivity index (χ4v) is 7.50. The summed E-state index contributed by atoms with van der Waals surface area (Å²) >= 11 is 0.476. The highest BCUT2D eigenvalue weighted by Crippen LogP contribution is 2.45. The number of sulfonamides is 1. The number of sulfone groups is 1. The molecule has 1 aromatic heterocycles. The smallest absolute Gasteiger partial charge is 0.410 e. The first kappa shape index (κ1) is 26.5. The van der Waals surface area contributed by atoms with Crippen molar-refractivity contribution in [1.29, 1.82) is 0 Å². The predicted octanol–water partition coefficient (Wildman–Crippen LogP) is 0.246. The molecular formula is C14H20N4O12S3. The lowest BCUT2D eigenvalue weighted by molar-refractivity contribution is -0.790. The van der Waals surface area contributed by atoms with E-state index in [-0.39, 0.29) is 22.7 Å². The molecule has 0 fully saturated rings. The molecule has 0 saturated heterocycles. The lowest BCUT2D eigenvalue weighted by Gasteiger charge is -2.35.